The summed E-state index contributed by atoms with van der Waals surface area (Å²) >= 11 is 0. The first kappa shape index (κ1) is 11.2. The Morgan fingerprint density at radius 3 is 2.56 bits per heavy atom. The van der Waals surface area contributed by atoms with E-state index in [2.05, 4.69) is 18.7 Å². The molecule has 2 heteroatoms. The van der Waals surface area contributed by atoms with Crippen LogP contribution in [0.25, 0.3) is 0 Å². The molecule has 1 saturated heterocycles. The van der Waals surface area contributed by atoms with E-state index in [1.54, 1.807) is 0 Å². The Bertz CT molecular complexity index is 356. The lowest BCUT2D eigenvalue weighted by molar-refractivity contribution is 0.388. The second-order valence-electron chi connectivity index (χ2n) is 4.95. The zero-order chi connectivity index (χ0) is 11.5. The van der Waals surface area contributed by atoms with Gasteiger partial charge < -0.3 is 4.90 Å². The van der Waals surface area contributed by atoms with Crippen LogP contribution >= 0.6 is 0 Å². The Morgan fingerprint density at radius 2 is 2.00 bits per heavy atom. The van der Waals surface area contributed by atoms with E-state index in [1.807, 2.05) is 30.3 Å². The van der Waals surface area contributed by atoms with Crippen molar-refractivity contribution >= 4 is 5.84 Å². The van der Waals surface area contributed by atoms with Crippen LogP contribution < -0.4 is 0 Å². The highest BCUT2D eigenvalue weighted by Crippen LogP contribution is 2.24. The van der Waals surface area contributed by atoms with E-state index >= 15 is 0 Å². The van der Waals surface area contributed by atoms with Gasteiger partial charge in [-0.1, -0.05) is 44.2 Å². The van der Waals surface area contributed by atoms with E-state index in [0.29, 0.717) is 5.84 Å². The summed E-state index contributed by atoms with van der Waals surface area (Å²) < 4.78 is 0. The highest BCUT2D eigenvalue weighted by molar-refractivity contribution is 5.96. The monoisotopic (exact) mass is 216 g/mol. The number of benzene rings is 1. The van der Waals surface area contributed by atoms with Crippen LogP contribution in [0, 0.1) is 17.2 Å². The summed E-state index contributed by atoms with van der Waals surface area (Å²) in [7, 11) is 0. The topological polar surface area (TPSA) is 27.1 Å². The van der Waals surface area contributed by atoms with Gasteiger partial charge in [-0.3, -0.25) is 5.41 Å². The van der Waals surface area contributed by atoms with Gasteiger partial charge in [0, 0.05) is 18.7 Å². The molecule has 0 spiro atoms. The number of likely N-dealkylation sites (tertiary alicyclic amines) is 1. The van der Waals surface area contributed by atoms with Crippen molar-refractivity contribution in [3.63, 3.8) is 0 Å². The van der Waals surface area contributed by atoms with E-state index in [1.165, 1.54) is 6.42 Å². The standard InChI is InChI=1S/C14H20N2/c1-11(2)13-8-9-16(10-13)14(15)12-6-4-3-5-7-12/h3-7,11,13,15H,8-10H2,1-2H3. The molecule has 0 saturated carbocycles. The number of nitrogens with zero attached hydrogens (tertiary/aromatic N) is 1. The quantitative estimate of drug-likeness (QED) is 0.597. The Hall–Kier alpha value is -1.31. The Kier molecular flexibility index (Phi) is 3.28. The second-order valence-corrected chi connectivity index (χ2v) is 4.95. The van der Waals surface area contributed by atoms with Gasteiger partial charge in [0.25, 0.3) is 0 Å². The molecule has 1 atom stereocenters. The molecule has 1 aromatic rings. The minimum atomic E-state index is 0.684. The lowest BCUT2D eigenvalue weighted by Crippen LogP contribution is -2.29. The lowest BCUT2D eigenvalue weighted by Gasteiger charge is -2.20. The number of nitrogens with one attached hydrogen (secondary N) is 1. The third-order valence-electron chi connectivity index (χ3n) is 3.53. The average Bonchev–Trinajstić information content (AvgIpc) is 2.78. The number of hydrogen-bond donors (Lipinski definition) is 1. The third kappa shape index (κ3) is 2.26. The molecular formula is C14H20N2. The summed E-state index contributed by atoms with van der Waals surface area (Å²) in [6.45, 7) is 6.64. The highest BCUT2D eigenvalue weighted by Gasteiger charge is 2.26. The molecule has 16 heavy (non-hydrogen) atoms. The second kappa shape index (κ2) is 4.69. The Balaban J connectivity index is 2.03. The van der Waals surface area contributed by atoms with Gasteiger partial charge in [0.2, 0.25) is 0 Å². The van der Waals surface area contributed by atoms with Crippen molar-refractivity contribution in [1.82, 2.24) is 4.90 Å². The van der Waals surface area contributed by atoms with Gasteiger partial charge in [-0.15, -0.1) is 0 Å². The minimum Gasteiger partial charge on any atom is -0.356 e. The van der Waals surface area contributed by atoms with Crippen LogP contribution in [0.1, 0.15) is 25.8 Å². The number of rotatable bonds is 2. The molecule has 0 radical (unpaired) electrons. The summed E-state index contributed by atoms with van der Waals surface area (Å²) in [6.07, 6.45) is 1.23. The van der Waals surface area contributed by atoms with Crippen LogP contribution in [0.2, 0.25) is 0 Å². The van der Waals surface area contributed by atoms with Gasteiger partial charge in [-0.25, -0.2) is 0 Å². The molecule has 1 unspecified atom stereocenters. The van der Waals surface area contributed by atoms with Crippen molar-refractivity contribution in [2.24, 2.45) is 11.8 Å². The average molecular weight is 216 g/mol. The van der Waals surface area contributed by atoms with Gasteiger partial charge in [-0.2, -0.15) is 0 Å². The first-order valence-electron chi connectivity index (χ1n) is 6.07. The number of amidine groups is 1. The smallest absolute Gasteiger partial charge is 0.128 e. The maximum atomic E-state index is 8.18. The molecule has 1 aliphatic heterocycles. The number of hydrogen-bond acceptors (Lipinski definition) is 1. The normalized spacial score (nSPS) is 20.4. The molecule has 2 nitrogen and oxygen atoms in total. The van der Waals surface area contributed by atoms with Crippen molar-refractivity contribution < 1.29 is 0 Å². The molecule has 1 heterocycles. The van der Waals surface area contributed by atoms with E-state index in [9.17, 15) is 0 Å². The van der Waals surface area contributed by atoms with Crippen LogP contribution in [0.3, 0.4) is 0 Å². The van der Waals surface area contributed by atoms with Crippen LogP contribution in [0.15, 0.2) is 30.3 Å². The van der Waals surface area contributed by atoms with Crippen molar-refractivity contribution in [2.75, 3.05) is 13.1 Å². The van der Waals surface area contributed by atoms with Crippen molar-refractivity contribution in [3.05, 3.63) is 35.9 Å². The lowest BCUT2D eigenvalue weighted by atomic mass is 9.95. The molecule has 0 amide bonds. The van der Waals surface area contributed by atoms with Crippen LogP contribution in [0.5, 0.6) is 0 Å². The van der Waals surface area contributed by atoms with Crippen LogP contribution in [-0.2, 0) is 0 Å². The fraction of sp³-hybridized carbons (Fsp3) is 0.500. The van der Waals surface area contributed by atoms with E-state index < -0.39 is 0 Å². The molecule has 1 aromatic carbocycles. The zero-order valence-corrected chi connectivity index (χ0v) is 10.1. The van der Waals surface area contributed by atoms with Crippen LogP contribution in [-0.4, -0.2) is 23.8 Å². The van der Waals surface area contributed by atoms with Gasteiger partial charge >= 0.3 is 0 Å². The van der Waals surface area contributed by atoms with E-state index in [0.717, 1.165) is 30.5 Å². The fourth-order valence-corrected chi connectivity index (χ4v) is 2.31. The van der Waals surface area contributed by atoms with Crippen molar-refractivity contribution in [2.45, 2.75) is 20.3 Å². The SMILES string of the molecule is CC(C)C1CCN(C(=N)c2ccccc2)C1. The minimum absolute atomic E-state index is 0.684. The molecule has 0 aromatic heterocycles. The molecular weight excluding hydrogens is 196 g/mol. The van der Waals surface area contributed by atoms with E-state index in [4.69, 9.17) is 5.41 Å². The maximum Gasteiger partial charge on any atom is 0.128 e. The van der Waals surface area contributed by atoms with Gasteiger partial charge in [0.15, 0.2) is 0 Å². The third-order valence-corrected chi connectivity index (χ3v) is 3.53. The first-order chi connectivity index (χ1) is 7.68. The molecule has 1 fully saturated rings. The summed E-state index contributed by atoms with van der Waals surface area (Å²) in [5.41, 5.74) is 1.03. The van der Waals surface area contributed by atoms with Crippen molar-refractivity contribution in [3.8, 4) is 0 Å². The summed E-state index contributed by atoms with van der Waals surface area (Å²) in [5.74, 6) is 2.17. The van der Waals surface area contributed by atoms with Gasteiger partial charge in [0.05, 0.1) is 0 Å². The molecule has 86 valence electrons. The molecule has 0 bridgehead atoms. The molecule has 1 aliphatic rings. The Labute approximate surface area is 97.8 Å². The zero-order valence-electron chi connectivity index (χ0n) is 10.1. The van der Waals surface area contributed by atoms with Gasteiger partial charge in [-0.05, 0) is 18.3 Å². The molecule has 1 N–H and O–H groups in total. The predicted octanol–water partition coefficient (Wildman–Crippen LogP) is 2.99. The first-order valence-corrected chi connectivity index (χ1v) is 6.07. The largest absolute Gasteiger partial charge is 0.356 e. The summed E-state index contributed by atoms with van der Waals surface area (Å²) in [4.78, 5) is 2.21. The maximum absolute atomic E-state index is 8.18. The molecule has 2 rings (SSSR count). The van der Waals surface area contributed by atoms with Gasteiger partial charge in [0.1, 0.15) is 5.84 Å². The summed E-state index contributed by atoms with van der Waals surface area (Å²) in [5, 5.41) is 8.18. The van der Waals surface area contributed by atoms with Crippen LogP contribution in [0.4, 0.5) is 0 Å². The predicted molar refractivity (Wildman–Crippen MR) is 67.8 cm³/mol. The van der Waals surface area contributed by atoms with E-state index in [-0.39, 0.29) is 0 Å². The van der Waals surface area contributed by atoms with Crippen molar-refractivity contribution in [1.29, 1.82) is 5.41 Å². The molecule has 0 aliphatic carbocycles. The fourth-order valence-electron chi connectivity index (χ4n) is 2.31. The summed E-state index contributed by atoms with van der Waals surface area (Å²) in [6, 6.07) is 10.0. The Morgan fingerprint density at radius 1 is 1.31 bits per heavy atom. The highest BCUT2D eigenvalue weighted by atomic mass is 15.2.